The highest BCUT2D eigenvalue weighted by Gasteiger charge is 2.26. The highest BCUT2D eigenvalue weighted by atomic mass is 35.5. The van der Waals surface area contributed by atoms with Crippen molar-refractivity contribution in [1.82, 2.24) is 0 Å². The molecule has 1 aliphatic heterocycles. The number of methoxy groups -OCH3 is 1. The molecule has 0 spiro atoms. The van der Waals surface area contributed by atoms with Gasteiger partial charge in [0.15, 0.2) is 23.0 Å². The van der Waals surface area contributed by atoms with E-state index in [1.807, 2.05) is 0 Å². The third-order valence-electron chi connectivity index (χ3n) is 4.24. The maximum atomic E-state index is 13.8. The van der Waals surface area contributed by atoms with Crippen LogP contribution in [0.3, 0.4) is 0 Å². The van der Waals surface area contributed by atoms with Gasteiger partial charge in [0.2, 0.25) is 0 Å². The van der Waals surface area contributed by atoms with Crippen molar-refractivity contribution in [3.05, 3.63) is 88.2 Å². The van der Waals surface area contributed by atoms with E-state index in [4.69, 9.17) is 30.2 Å². The smallest absolute Gasteiger partial charge is 0.363 e. The summed E-state index contributed by atoms with van der Waals surface area (Å²) in [6.45, 7) is -0.0215. The Morgan fingerprint density at radius 2 is 2.03 bits per heavy atom. The molecule has 0 fully saturated rings. The molecule has 2 heterocycles. The topological polar surface area (TPSA) is 70.3 Å². The molecule has 4 rings (SSSR count). The number of benzene rings is 2. The Hall–Kier alpha value is -3.58. The molecule has 0 N–H and O–H groups in total. The number of carbonyl (C=O) groups is 1. The quantitative estimate of drug-likeness (QED) is 0.409. The highest BCUT2D eigenvalue weighted by Crippen LogP contribution is 2.38. The number of halogens is 2. The number of rotatable bonds is 6. The largest absolute Gasteiger partial charge is 0.493 e. The molecule has 0 saturated heterocycles. The van der Waals surface area contributed by atoms with Crippen molar-refractivity contribution in [1.29, 1.82) is 0 Å². The maximum absolute atomic E-state index is 13.8. The third-order valence-corrected chi connectivity index (χ3v) is 4.52. The normalized spacial score (nSPS) is 14.6. The zero-order valence-electron chi connectivity index (χ0n) is 15.7. The molecule has 0 radical (unpaired) electrons. The van der Waals surface area contributed by atoms with Crippen LogP contribution in [0, 0.1) is 5.82 Å². The molecule has 0 amide bonds. The van der Waals surface area contributed by atoms with E-state index in [9.17, 15) is 9.18 Å². The lowest BCUT2D eigenvalue weighted by atomic mass is 10.1. The molecule has 0 aliphatic carbocycles. The zero-order valence-corrected chi connectivity index (χ0v) is 16.5. The van der Waals surface area contributed by atoms with Crippen LogP contribution in [0.5, 0.6) is 11.5 Å². The monoisotopic (exact) mass is 427 g/mol. The summed E-state index contributed by atoms with van der Waals surface area (Å²) in [4.78, 5) is 16.3. The van der Waals surface area contributed by atoms with E-state index in [0.29, 0.717) is 22.6 Å². The minimum absolute atomic E-state index is 0.0215. The van der Waals surface area contributed by atoms with Gasteiger partial charge in [-0.15, -0.1) is 0 Å². The second-order valence-electron chi connectivity index (χ2n) is 6.23. The molecule has 3 aromatic rings. The summed E-state index contributed by atoms with van der Waals surface area (Å²) in [6, 6.07) is 12.8. The number of hydrogen-bond donors (Lipinski definition) is 0. The van der Waals surface area contributed by atoms with Gasteiger partial charge >= 0.3 is 5.97 Å². The van der Waals surface area contributed by atoms with Crippen molar-refractivity contribution in [2.24, 2.45) is 4.99 Å². The number of carbonyl (C=O) groups excluding carboxylic acids is 1. The van der Waals surface area contributed by atoms with Crippen molar-refractivity contribution in [3.63, 3.8) is 0 Å². The van der Waals surface area contributed by atoms with Crippen LogP contribution in [0.4, 0.5) is 4.39 Å². The van der Waals surface area contributed by atoms with Crippen molar-refractivity contribution in [2.75, 3.05) is 7.11 Å². The summed E-state index contributed by atoms with van der Waals surface area (Å²) < 4.78 is 35.2. The summed E-state index contributed by atoms with van der Waals surface area (Å²) in [5.74, 6) is 0.0272. The van der Waals surface area contributed by atoms with Gasteiger partial charge in [-0.05, 0) is 42.0 Å². The molecule has 0 atom stereocenters. The lowest BCUT2D eigenvalue weighted by molar-refractivity contribution is -0.130. The second kappa shape index (κ2) is 8.42. The fraction of sp³-hybridized carbons (Fsp3) is 0.0909. The SMILES string of the molecule is COc1cc(/C=C2\N=C(c3ccco3)OC2=O)cc(Cl)c1OCc1ccccc1F. The lowest BCUT2D eigenvalue weighted by Crippen LogP contribution is -2.04. The van der Waals surface area contributed by atoms with Crippen LogP contribution < -0.4 is 9.47 Å². The Bertz CT molecular complexity index is 1150. The minimum atomic E-state index is -0.614. The van der Waals surface area contributed by atoms with E-state index in [0.717, 1.165) is 0 Å². The molecule has 0 bridgehead atoms. The number of nitrogens with zero attached hydrogens (tertiary/aromatic N) is 1. The Kier molecular flexibility index (Phi) is 5.54. The summed E-state index contributed by atoms with van der Waals surface area (Å²) in [5, 5.41) is 0.235. The Labute approximate surface area is 176 Å². The van der Waals surface area contributed by atoms with Crippen molar-refractivity contribution in [3.8, 4) is 11.5 Å². The lowest BCUT2D eigenvalue weighted by Gasteiger charge is -2.13. The highest BCUT2D eigenvalue weighted by molar-refractivity contribution is 6.32. The number of ether oxygens (including phenoxy) is 3. The second-order valence-corrected chi connectivity index (χ2v) is 6.63. The molecular formula is C22H15ClFNO5. The Morgan fingerprint density at radius 1 is 1.20 bits per heavy atom. The first-order chi connectivity index (χ1) is 14.5. The molecule has 2 aromatic carbocycles. The fourth-order valence-corrected chi connectivity index (χ4v) is 3.07. The average Bonchev–Trinajstić information content (AvgIpc) is 3.38. The Morgan fingerprint density at radius 3 is 2.77 bits per heavy atom. The summed E-state index contributed by atoms with van der Waals surface area (Å²) in [7, 11) is 1.45. The molecule has 0 unspecified atom stereocenters. The molecular weight excluding hydrogens is 413 g/mol. The van der Waals surface area contributed by atoms with Gasteiger partial charge in [0.25, 0.3) is 5.90 Å². The van der Waals surface area contributed by atoms with E-state index in [1.54, 1.807) is 42.5 Å². The van der Waals surface area contributed by atoms with Crippen LogP contribution >= 0.6 is 11.6 Å². The van der Waals surface area contributed by atoms with E-state index in [-0.39, 0.29) is 34.8 Å². The standard InChI is InChI=1S/C22H15ClFNO5/c1-27-19-11-13(10-17-22(26)30-21(25-17)18-7-4-8-28-18)9-15(23)20(19)29-12-14-5-2-3-6-16(14)24/h2-11H,12H2,1H3/b17-10-. The summed E-state index contributed by atoms with van der Waals surface area (Å²) in [5.41, 5.74) is 1.02. The summed E-state index contributed by atoms with van der Waals surface area (Å²) in [6.07, 6.45) is 2.96. The molecule has 1 aromatic heterocycles. The third kappa shape index (κ3) is 4.06. The van der Waals surface area contributed by atoms with Crippen LogP contribution in [0.2, 0.25) is 5.02 Å². The fourth-order valence-electron chi connectivity index (χ4n) is 2.80. The number of aliphatic imine (C=N–C) groups is 1. The molecule has 1 aliphatic rings. The number of cyclic esters (lactones) is 1. The van der Waals surface area contributed by atoms with Crippen LogP contribution in [-0.4, -0.2) is 19.0 Å². The zero-order chi connectivity index (χ0) is 21.1. The van der Waals surface area contributed by atoms with Crippen molar-refractivity contribution in [2.45, 2.75) is 6.61 Å². The summed E-state index contributed by atoms with van der Waals surface area (Å²) >= 11 is 6.36. The maximum Gasteiger partial charge on any atom is 0.363 e. The number of esters is 1. The van der Waals surface area contributed by atoms with Gasteiger partial charge in [-0.3, -0.25) is 0 Å². The predicted octanol–water partition coefficient (Wildman–Crippen LogP) is 5.00. The first-order valence-corrected chi connectivity index (χ1v) is 9.23. The van der Waals surface area contributed by atoms with E-state index in [2.05, 4.69) is 4.99 Å². The van der Waals surface area contributed by atoms with E-state index >= 15 is 0 Å². The van der Waals surface area contributed by atoms with Gasteiger partial charge in [0.1, 0.15) is 12.4 Å². The first kappa shape index (κ1) is 19.7. The van der Waals surface area contributed by atoms with Crippen LogP contribution in [-0.2, 0) is 16.1 Å². The Balaban J connectivity index is 1.60. The van der Waals surface area contributed by atoms with Gasteiger partial charge in [0, 0.05) is 5.56 Å². The number of hydrogen-bond acceptors (Lipinski definition) is 6. The molecule has 30 heavy (non-hydrogen) atoms. The van der Waals surface area contributed by atoms with Gasteiger partial charge in [-0.1, -0.05) is 29.8 Å². The van der Waals surface area contributed by atoms with E-state index < -0.39 is 5.97 Å². The van der Waals surface area contributed by atoms with Gasteiger partial charge in [-0.2, -0.15) is 0 Å². The van der Waals surface area contributed by atoms with Crippen molar-refractivity contribution < 1.29 is 27.8 Å². The average molecular weight is 428 g/mol. The molecule has 0 saturated carbocycles. The van der Waals surface area contributed by atoms with E-state index in [1.165, 1.54) is 25.5 Å². The van der Waals surface area contributed by atoms with Gasteiger partial charge in [-0.25, -0.2) is 14.2 Å². The van der Waals surface area contributed by atoms with Crippen LogP contribution in [0.25, 0.3) is 6.08 Å². The first-order valence-electron chi connectivity index (χ1n) is 8.85. The van der Waals surface area contributed by atoms with Crippen LogP contribution in [0.15, 0.2) is 69.9 Å². The predicted molar refractivity (Wildman–Crippen MR) is 108 cm³/mol. The molecule has 8 heteroatoms. The van der Waals surface area contributed by atoms with Crippen LogP contribution in [0.1, 0.15) is 16.9 Å². The minimum Gasteiger partial charge on any atom is -0.493 e. The van der Waals surface area contributed by atoms with Crippen molar-refractivity contribution >= 4 is 29.5 Å². The van der Waals surface area contributed by atoms with Gasteiger partial charge < -0.3 is 18.6 Å². The number of furan rings is 1. The molecule has 6 nitrogen and oxygen atoms in total. The van der Waals surface area contributed by atoms with Gasteiger partial charge in [0.05, 0.1) is 18.4 Å². The molecule has 152 valence electrons.